The highest BCUT2D eigenvalue weighted by Gasteiger charge is 2.28. The number of benzene rings is 1. The second kappa shape index (κ2) is 7.26. The first-order valence-corrected chi connectivity index (χ1v) is 7.36. The highest BCUT2D eigenvalue weighted by atomic mass is 19.4. The second-order valence-electron chi connectivity index (χ2n) is 5.19. The normalized spacial score (nSPS) is 11.2. The van der Waals surface area contributed by atoms with Crippen LogP contribution in [0.3, 0.4) is 0 Å². The maximum atomic E-state index is 12.2. The number of ether oxygens (including phenoxy) is 1. The summed E-state index contributed by atoms with van der Waals surface area (Å²) in [4.78, 5) is 19.7. The fourth-order valence-corrected chi connectivity index (χ4v) is 2.04. The Bertz CT molecular complexity index is 861. The van der Waals surface area contributed by atoms with Crippen molar-refractivity contribution in [1.82, 2.24) is 9.97 Å². The van der Waals surface area contributed by atoms with Crippen LogP contribution in [0.25, 0.3) is 11.3 Å². The lowest BCUT2D eigenvalue weighted by molar-refractivity contribution is -0.154. The number of hydrogen-bond acceptors (Lipinski definition) is 5. The van der Waals surface area contributed by atoms with Crippen LogP contribution in [0.5, 0.6) is 5.88 Å². The predicted octanol–water partition coefficient (Wildman–Crippen LogP) is 3.93. The summed E-state index contributed by atoms with van der Waals surface area (Å²) in [5, 5.41) is 2.60. The summed E-state index contributed by atoms with van der Waals surface area (Å²) in [5.41, 5.74) is 1.49. The number of aromatic nitrogens is 2. The van der Waals surface area contributed by atoms with E-state index < -0.39 is 12.8 Å². The van der Waals surface area contributed by atoms with Crippen molar-refractivity contribution >= 4 is 11.6 Å². The zero-order valence-electron chi connectivity index (χ0n) is 13.2. The molecule has 3 aromatic rings. The van der Waals surface area contributed by atoms with Crippen molar-refractivity contribution in [2.75, 3.05) is 11.9 Å². The van der Waals surface area contributed by atoms with Gasteiger partial charge in [-0.1, -0.05) is 12.1 Å². The van der Waals surface area contributed by atoms with Crippen LogP contribution >= 0.6 is 0 Å². The van der Waals surface area contributed by atoms with E-state index in [1.165, 1.54) is 24.7 Å². The molecular weight excluding hydrogens is 351 g/mol. The minimum atomic E-state index is -4.44. The highest BCUT2D eigenvalue weighted by Crippen LogP contribution is 2.20. The molecule has 0 aliphatic rings. The van der Waals surface area contributed by atoms with Gasteiger partial charge in [-0.2, -0.15) is 13.2 Å². The van der Waals surface area contributed by atoms with E-state index in [2.05, 4.69) is 20.0 Å². The van der Waals surface area contributed by atoms with E-state index in [1.807, 2.05) is 0 Å². The van der Waals surface area contributed by atoms with Crippen molar-refractivity contribution in [3.05, 3.63) is 60.7 Å². The van der Waals surface area contributed by atoms with Crippen LogP contribution in [0.1, 0.15) is 10.4 Å². The summed E-state index contributed by atoms with van der Waals surface area (Å²) < 4.78 is 45.9. The fourth-order valence-electron chi connectivity index (χ4n) is 2.04. The van der Waals surface area contributed by atoms with Gasteiger partial charge in [-0.25, -0.2) is 9.97 Å². The maximum absolute atomic E-state index is 12.2. The van der Waals surface area contributed by atoms with Crippen molar-refractivity contribution in [1.29, 1.82) is 0 Å². The van der Waals surface area contributed by atoms with Gasteiger partial charge < -0.3 is 14.5 Å². The van der Waals surface area contributed by atoms with Crippen LogP contribution in [0.15, 0.2) is 59.6 Å². The SMILES string of the molecule is O=C(Nc1ccc(OCC(F)(F)F)nc1)c1ccc(-c2cnco2)cc1. The predicted molar refractivity (Wildman–Crippen MR) is 85.7 cm³/mol. The molecule has 0 aliphatic carbocycles. The molecule has 1 amide bonds. The molecule has 0 saturated heterocycles. The van der Waals surface area contributed by atoms with Crippen molar-refractivity contribution in [2.24, 2.45) is 0 Å². The lowest BCUT2D eigenvalue weighted by Gasteiger charge is -2.09. The summed E-state index contributed by atoms with van der Waals surface area (Å²) in [7, 11) is 0. The Morgan fingerprint density at radius 1 is 1.12 bits per heavy atom. The molecular formula is C17H12F3N3O3. The zero-order valence-corrected chi connectivity index (χ0v) is 13.2. The molecule has 9 heteroatoms. The van der Waals surface area contributed by atoms with E-state index in [-0.39, 0.29) is 11.8 Å². The molecule has 0 aliphatic heterocycles. The first-order valence-electron chi connectivity index (χ1n) is 7.36. The van der Waals surface area contributed by atoms with Crippen LogP contribution in [0, 0.1) is 0 Å². The quantitative estimate of drug-likeness (QED) is 0.743. The third kappa shape index (κ3) is 4.59. The van der Waals surface area contributed by atoms with Gasteiger partial charge in [-0.3, -0.25) is 4.79 Å². The lowest BCUT2D eigenvalue weighted by Crippen LogP contribution is -2.19. The molecule has 1 N–H and O–H groups in total. The lowest BCUT2D eigenvalue weighted by atomic mass is 10.1. The van der Waals surface area contributed by atoms with Gasteiger partial charge in [0.15, 0.2) is 18.8 Å². The van der Waals surface area contributed by atoms with E-state index in [0.717, 1.165) is 5.56 Å². The number of anilines is 1. The molecule has 6 nitrogen and oxygen atoms in total. The van der Waals surface area contributed by atoms with Crippen LogP contribution in [-0.4, -0.2) is 28.7 Å². The third-order valence-electron chi connectivity index (χ3n) is 3.24. The van der Waals surface area contributed by atoms with Crippen molar-refractivity contribution < 1.29 is 27.1 Å². The summed E-state index contributed by atoms with van der Waals surface area (Å²) in [6.45, 7) is -1.43. The van der Waals surface area contributed by atoms with Crippen molar-refractivity contribution in [2.45, 2.75) is 6.18 Å². The summed E-state index contributed by atoms with van der Waals surface area (Å²) in [6, 6.07) is 9.29. The van der Waals surface area contributed by atoms with Crippen molar-refractivity contribution in [3.63, 3.8) is 0 Å². The maximum Gasteiger partial charge on any atom is 0.422 e. The zero-order chi connectivity index (χ0) is 18.6. The van der Waals surface area contributed by atoms with Gasteiger partial charge in [-0.15, -0.1) is 0 Å². The molecule has 0 spiro atoms. The van der Waals surface area contributed by atoms with E-state index in [4.69, 9.17) is 4.42 Å². The molecule has 0 radical (unpaired) electrons. The van der Waals surface area contributed by atoms with Gasteiger partial charge >= 0.3 is 6.18 Å². The summed E-state index contributed by atoms with van der Waals surface area (Å²) in [6.07, 6.45) is -0.354. The van der Waals surface area contributed by atoms with Crippen LogP contribution < -0.4 is 10.1 Å². The molecule has 3 rings (SSSR count). The number of nitrogens with one attached hydrogen (secondary N) is 1. The van der Waals surface area contributed by atoms with Gasteiger partial charge in [0.2, 0.25) is 5.88 Å². The Hall–Kier alpha value is -3.36. The number of carbonyl (C=O) groups excluding carboxylic acids is 1. The topological polar surface area (TPSA) is 77.2 Å². The number of pyridine rings is 1. The van der Waals surface area contributed by atoms with Gasteiger partial charge in [-0.05, 0) is 18.2 Å². The number of oxazole rings is 1. The molecule has 1 aromatic carbocycles. The Labute approximate surface area is 145 Å². The number of carbonyl (C=O) groups is 1. The number of amides is 1. The van der Waals surface area contributed by atoms with Gasteiger partial charge in [0, 0.05) is 17.2 Å². The molecule has 2 aromatic heterocycles. The van der Waals surface area contributed by atoms with E-state index in [0.29, 0.717) is 17.0 Å². The van der Waals surface area contributed by atoms with Crippen LogP contribution in [0.4, 0.5) is 18.9 Å². The number of rotatable bonds is 5. The van der Waals surface area contributed by atoms with E-state index in [1.54, 1.807) is 30.5 Å². The number of halogens is 3. The monoisotopic (exact) mass is 363 g/mol. The molecule has 0 bridgehead atoms. The molecule has 134 valence electrons. The van der Waals surface area contributed by atoms with E-state index in [9.17, 15) is 18.0 Å². The van der Waals surface area contributed by atoms with Crippen molar-refractivity contribution in [3.8, 4) is 17.2 Å². The third-order valence-corrected chi connectivity index (χ3v) is 3.24. The Kier molecular flexibility index (Phi) is 4.87. The fraction of sp³-hybridized carbons (Fsp3) is 0.118. The molecule has 2 heterocycles. The smallest absolute Gasteiger partial charge is 0.422 e. The van der Waals surface area contributed by atoms with E-state index >= 15 is 0 Å². The Morgan fingerprint density at radius 3 is 2.46 bits per heavy atom. The Balaban J connectivity index is 1.61. The van der Waals surface area contributed by atoms with Gasteiger partial charge in [0.1, 0.15) is 0 Å². The number of hydrogen-bond donors (Lipinski definition) is 1. The Morgan fingerprint density at radius 2 is 1.88 bits per heavy atom. The molecule has 0 saturated carbocycles. The minimum Gasteiger partial charge on any atom is -0.468 e. The number of alkyl halides is 3. The highest BCUT2D eigenvalue weighted by molar-refractivity contribution is 6.04. The minimum absolute atomic E-state index is 0.184. The average molecular weight is 363 g/mol. The average Bonchev–Trinajstić information content (AvgIpc) is 3.15. The van der Waals surface area contributed by atoms with Crippen LogP contribution in [-0.2, 0) is 0 Å². The molecule has 26 heavy (non-hydrogen) atoms. The molecule has 0 atom stereocenters. The summed E-state index contributed by atoms with van der Waals surface area (Å²) >= 11 is 0. The second-order valence-corrected chi connectivity index (χ2v) is 5.19. The van der Waals surface area contributed by atoms with Gasteiger partial charge in [0.25, 0.3) is 5.91 Å². The first-order chi connectivity index (χ1) is 12.4. The molecule has 0 unspecified atom stereocenters. The molecule has 0 fully saturated rings. The largest absolute Gasteiger partial charge is 0.468 e. The number of nitrogens with zero attached hydrogens (tertiary/aromatic N) is 2. The first kappa shape index (κ1) is 17.5. The standard InChI is InChI=1S/C17H12F3N3O3/c18-17(19,20)9-25-15-6-5-13(7-22-15)23-16(24)12-3-1-11(2-4-12)14-8-21-10-26-14/h1-8,10H,9H2,(H,23,24). The van der Waals surface area contributed by atoms with Crippen LogP contribution in [0.2, 0.25) is 0 Å². The van der Waals surface area contributed by atoms with Gasteiger partial charge in [0.05, 0.1) is 18.1 Å². The summed E-state index contributed by atoms with van der Waals surface area (Å²) in [5.74, 6) is 0.00668.